The molecule has 24 heavy (non-hydrogen) atoms. The molecule has 1 aromatic heterocycles. The van der Waals surface area contributed by atoms with E-state index in [0.29, 0.717) is 23.5 Å². The normalized spacial score (nSPS) is 17.1. The van der Waals surface area contributed by atoms with Gasteiger partial charge in [0.05, 0.1) is 19.1 Å². The third kappa shape index (κ3) is 3.25. The Hall–Kier alpha value is -2.06. The smallest absolute Gasteiger partial charge is 0.229 e. The van der Waals surface area contributed by atoms with Gasteiger partial charge in [0.1, 0.15) is 5.75 Å². The van der Waals surface area contributed by atoms with Crippen LogP contribution in [0.4, 0.5) is 11.4 Å². The summed E-state index contributed by atoms with van der Waals surface area (Å²) < 4.78 is 31.0. The van der Waals surface area contributed by atoms with Crippen LogP contribution in [0.1, 0.15) is 28.3 Å². The van der Waals surface area contributed by atoms with Gasteiger partial charge in [-0.25, -0.2) is 8.42 Å². The lowest BCUT2D eigenvalue weighted by molar-refractivity contribution is -0.116. The van der Waals surface area contributed by atoms with E-state index in [-0.39, 0.29) is 11.8 Å². The minimum Gasteiger partial charge on any atom is -0.494 e. The van der Waals surface area contributed by atoms with Gasteiger partial charge in [-0.05, 0) is 35.6 Å². The number of rotatable bonds is 4. The maximum Gasteiger partial charge on any atom is 0.229 e. The quantitative estimate of drug-likeness (QED) is 0.871. The van der Waals surface area contributed by atoms with Gasteiger partial charge in [-0.3, -0.25) is 9.52 Å². The van der Waals surface area contributed by atoms with Crippen LogP contribution < -0.4 is 14.8 Å². The standard InChI is InChI=1S/C16H18N2O4S2/c1-9-4-5-23-16(9)11-7-15(19)17-12-8-14(22-2)13(6-10(11)12)18-24(3,20)21/h4-6,8,11,18H,7H2,1-3H3,(H,17,19). The van der Waals surface area contributed by atoms with Crippen LogP contribution in [0.3, 0.4) is 0 Å². The monoisotopic (exact) mass is 366 g/mol. The summed E-state index contributed by atoms with van der Waals surface area (Å²) in [7, 11) is -1.98. The van der Waals surface area contributed by atoms with E-state index in [1.807, 2.05) is 18.4 Å². The Balaban J connectivity index is 2.16. The third-order valence-corrected chi connectivity index (χ3v) is 5.65. The van der Waals surface area contributed by atoms with Gasteiger partial charge in [-0.1, -0.05) is 0 Å². The molecule has 1 aliphatic heterocycles. The highest BCUT2D eigenvalue weighted by Gasteiger charge is 2.30. The number of nitrogens with one attached hydrogen (secondary N) is 2. The number of carbonyl (C=O) groups is 1. The predicted molar refractivity (Wildman–Crippen MR) is 95.6 cm³/mol. The number of sulfonamides is 1. The number of hydrogen-bond donors (Lipinski definition) is 2. The molecule has 1 atom stereocenters. The molecule has 1 amide bonds. The molecule has 0 spiro atoms. The molecular formula is C16H18N2O4S2. The summed E-state index contributed by atoms with van der Waals surface area (Å²) >= 11 is 1.60. The fourth-order valence-corrected chi connectivity index (χ4v) is 4.52. The Bertz CT molecular complexity index is 903. The van der Waals surface area contributed by atoms with Crippen LogP contribution in [0.25, 0.3) is 0 Å². The van der Waals surface area contributed by atoms with E-state index >= 15 is 0 Å². The van der Waals surface area contributed by atoms with Gasteiger partial charge in [0.2, 0.25) is 15.9 Å². The topological polar surface area (TPSA) is 84.5 Å². The van der Waals surface area contributed by atoms with Crippen LogP contribution in [-0.2, 0) is 14.8 Å². The summed E-state index contributed by atoms with van der Waals surface area (Å²) in [5.41, 5.74) is 3.03. The molecule has 1 aliphatic rings. The number of anilines is 2. The van der Waals surface area contributed by atoms with Crippen molar-refractivity contribution >= 4 is 38.6 Å². The van der Waals surface area contributed by atoms with Gasteiger partial charge >= 0.3 is 0 Å². The number of methoxy groups -OCH3 is 1. The Morgan fingerprint density at radius 3 is 2.71 bits per heavy atom. The van der Waals surface area contributed by atoms with Gasteiger partial charge in [-0.15, -0.1) is 11.3 Å². The molecule has 0 aliphatic carbocycles. The first kappa shape index (κ1) is 16.8. The maximum absolute atomic E-state index is 12.1. The molecule has 3 rings (SSSR count). The lowest BCUT2D eigenvalue weighted by Crippen LogP contribution is -2.24. The second-order valence-electron chi connectivity index (χ2n) is 5.79. The van der Waals surface area contributed by atoms with Gasteiger partial charge in [0.25, 0.3) is 0 Å². The average Bonchev–Trinajstić information content (AvgIpc) is 2.90. The number of amides is 1. The van der Waals surface area contributed by atoms with Crippen molar-refractivity contribution in [3.8, 4) is 5.75 Å². The molecule has 8 heteroatoms. The first-order chi connectivity index (χ1) is 11.3. The number of benzene rings is 1. The highest BCUT2D eigenvalue weighted by atomic mass is 32.2. The van der Waals surface area contributed by atoms with Crippen LogP contribution in [-0.4, -0.2) is 27.7 Å². The molecule has 0 radical (unpaired) electrons. The number of thiophene rings is 1. The molecule has 1 aromatic carbocycles. The summed E-state index contributed by atoms with van der Waals surface area (Å²) in [6, 6.07) is 5.43. The zero-order valence-corrected chi connectivity index (χ0v) is 15.2. The first-order valence-electron chi connectivity index (χ1n) is 7.32. The Kier molecular flexibility index (Phi) is 4.27. The van der Waals surface area contributed by atoms with Gasteiger partial charge in [0.15, 0.2) is 0 Å². The van der Waals surface area contributed by atoms with Crippen molar-refractivity contribution in [1.82, 2.24) is 0 Å². The fourth-order valence-electron chi connectivity index (χ4n) is 2.91. The number of hydrogen-bond acceptors (Lipinski definition) is 5. The second kappa shape index (κ2) is 6.10. The highest BCUT2D eigenvalue weighted by molar-refractivity contribution is 7.92. The van der Waals surface area contributed by atoms with Crippen molar-refractivity contribution in [2.24, 2.45) is 0 Å². The number of carbonyl (C=O) groups excluding carboxylic acids is 1. The zero-order valence-electron chi connectivity index (χ0n) is 13.5. The van der Waals surface area contributed by atoms with Gasteiger partial charge < -0.3 is 10.1 Å². The molecule has 0 fully saturated rings. The van der Waals surface area contributed by atoms with E-state index < -0.39 is 10.0 Å². The van der Waals surface area contributed by atoms with Crippen LogP contribution >= 0.6 is 11.3 Å². The van der Waals surface area contributed by atoms with Crippen molar-refractivity contribution < 1.29 is 17.9 Å². The fraction of sp³-hybridized carbons (Fsp3) is 0.312. The maximum atomic E-state index is 12.1. The molecule has 2 N–H and O–H groups in total. The Morgan fingerprint density at radius 2 is 2.12 bits per heavy atom. The van der Waals surface area contributed by atoms with E-state index in [0.717, 1.165) is 22.3 Å². The molecule has 0 bridgehead atoms. The Morgan fingerprint density at radius 1 is 1.38 bits per heavy atom. The summed E-state index contributed by atoms with van der Waals surface area (Å²) in [5.74, 6) is 0.203. The number of ether oxygens (including phenoxy) is 1. The van der Waals surface area contributed by atoms with Crippen LogP contribution in [0.5, 0.6) is 5.75 Å². The number of aryl methyl sites for hydroxylation is 1. The summed E-state index contributed by atoms with van der Waals surface area (Å²) in [4.78, 5) is 13.2. The zero-order chi connectivity index (χ0) is 17.5. The molecule has 2 heterocycles. The molecule has 2 aromatic rings. The van der Waals surface area contributed by atoms with Gasteiger partial charge in [0, 0.05) is 29.0 Å². The molecule has 0 saturated heterocycles. The number of fused-ring (bicyclic) bond motifs is 1. The van der Waals surface area contributed by atoms with E-state index in [9.17, 15) is 13.2 Å². The third-order valence-electron chi connectivity index (χ3n) is 3.92. The predicted octanol–water partition coefficient (Wildman–Crippen LogP) is 2.91. The molecule has 6 nitrogen and oxygen atoms in total. The Labute approximate surface area is 144 Å². The van der Waals surface area contributed by atoms with Crippen molar-refractivity contribution in [3.05, 3.63) is 39.6 Å². The molecular weight excluding hydrogens is 348 g/mol. The lowest BCUT2D eigenvalue weighted by atomic mass is 9.87. The summed E-state index contributed by atoms with van der Waals surface area (Å²) in [5, 5.41) is 4.84. The second-order valence-corrected chi connectivity index (χ2v) is 8.48. The molecule has 0 saturated carbocycles. The minimum absolute atomic E-state index is 0.0637. The summed E-state index contributed by atoms with van der Waals surface area (Å²) in [6.45, 7) is 2.01. The van der Waals surface area contributed by atoms with E-state index in [2.05, 4.69) is 10.0 Å². The largest absolute Gasteiger partial charge is 0.494 e. The van der Waals surface area contributed by atoms with Crippen molar-refractivity contribution in [2.75, 3.05) is 23.4 Å². The van der Waals surface area contributed by atoms with Crippen LogP contribution in [0, 0.1) is 6.92 Å². The van der Waals surface area contributed by atoms with E-state index in [4.69, 9.17) is 4.74 Å². The van der Waals surface area contributed by atoms with Crippen LogP contribution in [0.2, 0.25) is 0 Å². The first-order valence-corrected chi connectivity index (χ1v) is 10.1. The van der Waals surface area contributed by atoms with E-state index in [1.54, 1.807) is 23.5 Å². The SMILES string of the molecule is COc1cc2c(cc1NS(C)(=O)=O)C(c1sccc1C)CC(=O)N2. The van der Waals surface area contributed by atoms with Crippen molar-refractivity contribution in [2.45, 2.75) is 19.3 Å². The summed E-state index contributed by atoms with van der Waals surface area (Å²) in [6.07, 6.45) is 1.42. The molecule has 1 unspecified atom stereocenters. The molecule has 128 valence electrons. The minimum atomic E-state index is -3.44. The van der Waals surface area contributed by atoms with Crippen LogP contribution in [0.15, 0.2) is 23.6 Å². The lowest BCUT2D eigenvalue weighted by Gasteiger charge is -2.27. The van der Waals surface area contributed by atoms with Gasteiger partial charge in [-0.2, -0.15) is 0 Å². The van der Waals surface area contributed by atoms with Crippen molar-refractivity contribution in [1.29, 1.82) is 0 Å². The average molecular weight is 366 g/mol. The van der Waals surface area contributed by atoms with E-state index in [1.165, 1.54) is 7.11 Å². The highest BCUT2D eigenvalue weighted by Crippen LogP contribution is 2.44. The van der Waals surface area contributed by atoms with Crippen molar-refractivity contribution in [3.63, 3.8) is 0 Å².